The summed E-state index contributed by atoms with van der Waals surface area (Å²) in [4.78, 5) is 26.5. The SMILES string of the molecule is O=C1CCC(NC(=O)c2cccnc2)CN1. The minimum atomic E-state index is -0.144. The van der Waals surface area contributed by atoms with Crippen molar-refractivity contribution in [3.8, 4) is 0 Å². The highest BCUT2D eigenvalue weighted by Gasteiger charge is 2.19. The molecule has 2 heterocycles. The molecular weight excluding hydrogens is 206 g/mol. The number of rotatable bonds is 2. The molecule has 0 bridgehead atoms. The third kappa shape index (κ3) is 2.56. The molecule has 5 heteroatoms. The van der Waals surface area contributed by atoms with Crippen LogP contribution in [0.15, 0.2) is 24.5 Å². The van der Waals surface area contributed by atoms with Crippen LogP contribution in [0, 0.1) is 0 Å². The molecule has 1 aliphatic heterocycles. The van der Waals surface area contributed by atoms with E-state index in [1.165, 1.54) is 6.20 Å². The Hall–Kier alpha value is -1.91. The van der Waals surface area contributed by atoms with E-state index in [-0.39, 0.29) is 17.9 Å². The molecule has 1 aliphatic rings. The summed E-state index contributed by atoms with van der Waals surface area (Å²) in [7, 11) is 0. The van der Waals surface area contributed by atoms with Crippen molar-refractivity contribution in [2.45, 2.75) is 18.9 Å². The van der Waals surface area contributed by atoms with Crippen LogP contribution >= 0.6 is 0 Å². The number of piperidine rings is 1. The predicted molar refractivity (Wildman–Crippen MR) is 57.7 cm³/mol. The molecule has 2 rings (SSSR count). The lowest BCUT2D eigenvalue weighted by Crippen LogP contribution is -2.47. The van der Waals surface area contributed by atoms with Crippen molar-refractivity contribution in [2.24, 2.45) is 0 Å². The number of hydrogen-bond donors (Lipinski definition) is 2. The van der Waals surface area contributed by atoms with Gasteiger partial charge in [0.25, 0.3) is 5.91 Å². The second-order valence-electron chi connectivity index (χ2n) is 3.75. The zero-order chi connectivity index (χ0) is 11.4. The zero-order valence-electron chi connectivity index (χ0n) is 8.77. The Balaban J connectivity index is 1.91. The van der Waals surface area contributed by atoms with Crippen molar-refractivity contribution in [3.05, 3.63) is 30.1 Å². The van der Waals surface area contributed by atoms with Gasteiger partial charge >= 0.3 is 0 Å². The first kappa shape index (κ1) is 10.6. The number of hydrogen-bond acceptors (Lipinski definition) is 3. The molecule has 1 fully saturated rings. The molecule has 1 aromatic heterocycles. The van der Waals surface area contributed by atoms with E-state index in [1.54, 1.807) is 18.3 Å². The van der Waals surface area contributed by atoms with Crippen molar-refractivity contribution in [1.29, 1.82) is 0 Å². The van der Waals surface area contributed by atoms with Crippen LogP contribution in [0.3, 0.4) is 0 Å². The van der Waals surface area contributed by atoms with Gasteiger partial charge in [-0.25, -0.2) is 0 Å². The normalized spacial score (nSPS) is 20.0. The predicted octanol–water partition coefficient (Wildman–Crippen LogP) is 0.0900. The van der Waals surface area contributed by atoms with Crippen molar-refractivity contribution >= 4 is 11.8 Å². The third-order valence-corrected chi connectivity index (χ3v) is 2.52. The van der Waals surface area contributed by atoms with Crippen LogP contribution in [0.4, 0.5) is 0 Å². The second-order valence-corrected chi connectivity index (χ2v) is 3.75. The largest absolute Gasteiger partial charge is 0.354 e. The molecule has 0 aliphatic carbocycles. The van der Waals surface area contributed by atoms with Gasteiger partial charge in [-0.2, -0.15) is 0 Å². The van der Waals surface area contributed by atoms with Gasteiger partial charge in [0.1, 0.15) is 0 Å². The summed E-state index contributed by atoms with van der Waals surface area (Å²) in [6.07, 6.45) is 4.31. The van der Waals surface area contributed by atoms with Gasteiger partial charge < -0.3 is 10.6 Å². The lowest BCUT2D eigenvalue weighted by atomic mass is 10.1. The number of nitrogens with zero attached hydrogens (tertiary/aromatic N) is 1. The standard InChI is InChI=1S/C11H13N3O2/c15-10-4-3-9(7-13-10)14-11(16)8-2-1-5-12-6-8/h1-2,5-6,9H,3-4,7H2,(H,13,15)(H,14,16). The van der Waals surface area contributed by atoms with Crippen LogP contribution in [-0.4, -0.2) is 29.4 Å². The van der Waals surface area contributed by atoms with Crippen molar-refractivity contribution in [3.63, 3.8) is 0 Å². The molecule has 1 atom stereocenters. The highest BCUT2D eigenvalue weighted by Crippen LogP contribution is 2.04. The van der Waals surface area contributed by atoms with Gasteiger partial charge in [-0.3, -0.25) is 14.6 Å². The Labute approximate surface area is 93.3 Å². The average molecular weight is 219 g/mol. The lowest BCUT2D eigenvalue weighted by molar-refractivity contribution is -0.122. The first-order valence-corrected chi connectivity index (χ1v) is 5.23. The topological polar surface area (TPSA) is 71.1 Å². The molecule has 2 N–H and O–H groups in total. The van der Waals surface area contributed by atoms with E-state index in [4.69, 9.17) is 0 Å². The maximum absolute atomic E-state index is 11.7. The number of nitrogens with one attached hydrogen (secondary N) is 2. The highest BCUT2D eigenvalue weighted by molar-refractivity contribution is 5.94. The van der Waals surface area contributed by atoms with E-state index < -0.39 is 0 Å². The average Bonchev–Trinajstić information content (AvgIpc) is 2.33. The van der Waals surface area contributed by atoms with E-state index in [1.807, 2.05) is 0 Å². The third-order valence-electron chi connectivity index (χ3n) is 2.52. The van der Waals surface area contributed by atoms with Crippen molar-refractivity contribution < 1.29 is 9.59 Å². The summed E-state index contributed by atoms with van der Waals surface area (Å²) in [6.45, 7) is 0.505. The first-order chi connectivity index (χ1) is 7.75. The van der Waals surface area contributed by atoms with Gasteiger partial charge in [0.2, 0.25) is 5.91 Å². The molecule has 5 nitrogen and oxygen atoms in total. The summed E-state index contributed by atoms with van der Waals surface area (Å²) in [5.41, 5.74) is 0.541. The maximum atomic E-state index is 11.7. The maximum Gasteiger partial charge on any atom is 0.253 e. The molecule has 0 radical (unpaired) electrons. The van der Waals surface area contributed by atoms with E-state index in [2.05, 4.69) is 15.6 Å². The fourth-order valence-corrected chi connectivity index (χ4v) is 1.62. The molecule has 16 heavy (non-hydrogen) atoms. The summed E-state index contributed by atoms with van der Waals surface area (Å²) >= 11 is 0. The second kappa shape index (κ2) is 4.74. The first-order valence-electron chi connectivity index (χ1n) is 5.23. The Morgan fingerprint density at radius 1 is 1.56 bits per heavy atom. The lowest BCUT2D eigenvalue weighted by Gasteiger charge is -2.23. The molecule has 2 amide bonds. The van der Waals surface area contributed by atoms with Crippen LogP contribution in [0.25, 0.3) is 0 Å². The number of pyridine rings is 1. The number of amides is 2. The molecule has 1 aromatic rings. The Morgan fingerprint density at radius 2 is 2.44 bits per heavy atom. The highest BCUT2D eigenvalue weighted by atomic mass is 16.2. The molecule has 84 valence electrons. The zero-order valence-corrected chi connectivity index (χ0v) is 8.77. The van der Waals surface area contributed by atoms with Crippen molar-refractivity contribution in [1.82, 2.24) is 15.6 Å². The fraction of sp³-hybridized carbons (Fsp3) is 0.364. The Kier molecular flexibility index (Phi) is 3.14. The van der Waals surface area contributed by atoms with Crippen LogP contribution in [-0.2, 0) is 4.79 Å². The van der Waals surface area contributed by atoms with Crippen LogP contribution in [0.2, 0.25) is 0 Å². The van der Waals surface area contributed by atoms with E-state index in [9.17, 15) is 9.59 Å². The summed E-state index contributed by atoms with van der Waals surface area (Å²) < 4.78 is 0. The smallest absolute Gasteiger partial charge is 0.253 e. The summed E-state index contributed by atoms with van der Waals surface area (Å²) in [5, 5.41) is 5.58. The van der Waals surface area contributed by atoms with Crippen LogP contribution in [0.5, 0.6) is 0 Å². The number of carbonyl (C=O) groups is 2. The van der Waals surface area contributed by atoms with Gasteiger partial charge in [0.05, 0.1) is 5.56 Å². The molecule has 1 saturated heterocycles. The Bertz CT molecular complexity index is 381. The number of aromatic nitrogens is 1. The van der Waals surface area contributed by atoms with Crippen LogP contribution in [0.1, 0.15) is 23.2 Å². The Morgan fingerprint density at radius 3 is 3.06 bits per heavy atom. The summed E-state index contributed by atoms with van der Waals surface area (Å²) in [6, 6.07) is 3.45. The van der Waals surface area contributed by atoms with Gasteiger partial charge in [-0.05, 0) is 18.6 Å². The monoisotopic (exact) mass is 219 g/mol. The minimum absolute atomic E-state index is 0.0189. The van der Waals surface area contributed by atoms with E-state index in [0.29, 0.717) is 24.9 Å². The molecule has 1 unspecified atom stereocenters. The molecule has 0 spiro atoms. The number of carbonyl (C=O) groups excluding carboxylic acids is 2. The quantitative estimate of drug-likeness (QED) is 0.740. The summed E-state index contributed by atoms with van der Waals surface area (Å²) in [5.74, 6) is -0.0962. The van der Waals surface area contributed by atoms with Gasteiger partial charge in [-0.15, -0.1) is 0 Å². The van der Waals surface area contributed by atoms with E-state index in [0.717, 1.165) is 0 Å². The van der Waals surface area contributed by atoms with Crippen molar-refractivity contribution in [2.75, 3.05) is 6.54 Å². The van der Waals surface area contributed by atoms with E-state index >= 15 is 0 Å². The molecule has 0 aromatic carbocycles. The van der Waals surface area contributed by atoms with Gasteiger partial charge in [-0.1, -0.05) is 0 Å². The fourth-order valence-electron chi connectivity index (χ4n) is 1.62. The molecule has 0 saturated carbocycles. The molecular formula is C11H13N3O2. The van der Waals surface area contributed by atoms with Gasteiger partial charge in [0.15, 0.2) is 0 Å². The van der Waals surface area contributed by atoms with Crippen LogP contribution < -0.4 is 10.6 Å². The van der Waals surface area contributed by atoms with Gasteiger partial charge in [0, 0.05) is 31.4 Å². The minimum Gasteiger partial charge on any atom is -0.354 e.